The van der Waals surface area contributed by atoms with Crippen LogP contribution >= 0.6 is 0 Å². The molecule has 0 aliphatic rings. The smallest absolute Gasteiger partial charge is 0.271 e. The summed E-state index contributed by atoms with van der Waals surface area (Å²) in [5, 5.41) is 13.2. The van der Waals surface area contributed by atoms with Gasteiger partial charge in [-0.1, -0.05) is 12.1 Å². The molecule has 0 bridgehead atoms. The van der Waals surface area contributed by atoms with E-state index < -0.39 is 17.5 Å². The molecule has 114 valence electrons. The quantitative estimate of drug-likeness (QED) is 0.673. The summed E-state index contributed by atoms with van der Waals surface area (Å²) in [4.78, 5) is 13.9. The molecule has 0 aromatic heterocycles. The summed E-state index contributed by atoms with van der Waals surface area (Å²) in [6.07, 6.45) is 1.19. The van der Waals surface area contributed by atoms with Crippen molar-refractivity contribution >= 4 is 17.8 Å². The summed E-state index contributed by atoms with van der Waals surface area (Å²) < 4.78 is 13.1. The maximum atomic E-state index is 13.1. The summed E-state index contributed by atoms with van der Waals surface area (Å²) in [5.74, 6) is -1.64. The number of benzene rings is 2. The molecule has 0 heterocycles. The molecule has 0 aliphatic carbocycles. The highest BCUT2D eigenvalue weighted by molar-refractivity contribution is 5.96. The van der Waals surface area contributed by atoms with Crippen molar-refractivity contribution in [2.45, 2.75) is 0 Å². The van der Waals surface area contributed by atoms with Crippen LogP contribution in [0.3, 0.4) is 0 Å². The predicted octanol–water partition coefficient (Wildman–Crippen LogP) is 2.36. The van der Waals surface area contributed by atoms with Gasteiger partial charge in [0, 0.05) is 30.9 Å². The third-order valence-electron chi connectivity index (χ3n) is 3.01. The van der Waals surface area contributed by atoms with E-state index in [1.165, 1.54) is 18.3 Å². The lowest BCUT2D eigenvalue weighted by Crippen LogP contribution is -2.18. The van der Waals surface area contributed by atoms with Crippen molar-refractivity contribution in [3.63, 3.8) is 0 Å². The normalized spacial score (nSPS) is 10.7. The zero-order valence-corrected chi connectivity index (χ0v) is 12.2. The average Bonchev–Trinajstić information content (AvgIpc) is 2.51. The molecular weight excluding hydrogens is 285 g/mol. The fourth-order valence-electron chi connectivity index (χ4n) is 1.79. The van der Waals surface area contributed by atoms with Crippen LogP contribution in [0.15, 0.2) is 47.6 Å². The molecule has 0 aliphatic heterocycles. The Bertz CT molecular complexity index is 714. The standard InChI is InChI=1S/C16H16FN3O2/c1-20(2)13-7-3-5-11(9-13)16(22)19-18-10-12-6-4-8-14(17)15(12)21/h3-10,21H,1-2H3,(H,19,22). The lowest BCUT2D eigenvalue weighted by atomic mass is 10.2. The topological polar surface area (TPSA) is 64.9 Å². The highest BCUT2D eigenvalue weighted by Crippen LogP contribution is 2.18. The maximum Gasteiger partial charge on any atom is 0.271 e. The molecule has 0 saturated carbocycles. The lowest BCUT2D eigenvalue weighted by Gasteiger charge is -2.12. The van der Waals surface area contributed by atoms with Crippen molar-refractivity contribution in [3.8, 4) is 5.75 Å². The number of aromatic hydroxyl groups is 1. The molecule has 0 spiro atoms. The van der Waals surface area contributed by atoms with Crippen molar-refractivity contribution in [2.75, 3.05) is 19.0 Å². The first-order chi connectivity index (χ1) is 10.5. The van der Waals surface area contributed by atoms with E-state index in [9.17, 15) is 14.3 Å². The van der Waals surface area contributed by atoms with Gasteiger partial charge in [0.15, 0.2) is 11.6 Å². The van der Waals surface area contributed by atoms with E-state index >= 15 is 0 Å². The Labute approximate surface area is 127 Å². The molecule has 0 unspecified atom stereocenters. The number of hydrazone groups is 1. The van der Waals surface area contributed by atoms with Crippen LogP contribution in [-0.2, 0) is 0 Å². The van der Waals surface area contributed by atoms with E-state index in [2.05, 4.69) is 10.5 Å². The SMILES string of the molecule is CN(C)c1cccc(C(=O)NN=Cc2cccc(F)c2O)c1. The van der Waals surface area contributed by atoms with Gasteiger partial charge in [0.2, 0.25) is 0 Å². The number of carbonyl (C=O) groups is 1. The van der Waals surface area contributed by atoms with Gasteiger partial charge >= 0.3 is 0 Å². The first kappa shape index (κ1) is 15.5. The van der Waals surface area contributed by atoms with Gasteiger partial charge in [0.25, 0.3) is 5.91 Å². The number of rotatable bonds is 4. The molecule has 6 heteroatoms. The van der Waals surface area contributed by atoms with Gasteiger partial charge in [0.05, 0.1) is 6.21 Å². The molecule has 0 atom stereocenters. The number of nitrogens with one attached hydrogen (secondary N) is 1. The van der Waals surface area contributed by atoms with Crippen molar-refractivity contribution in [2.24, 2.45) is 5.10 Å². The molecule has 2 N–H and O–H groups in total. The number of hydrogen-bond acceptors (Lipinski definition) is 4. The van der Waals surface area contributed by atoms with Crippen molar-refractivity contribution in [1.29, 1.82) is 0 Å². The minimum atomic E-state index is -0.742. The number of phenolic OH excluding ortho intramolecular Hbond substituents is 1. The van der Waals surface area contributed by atoms with E-state index in [4.69, 9.17) is 0 Å². The number of halogens is 1. The van der Waals surface area contributed by atoms with Crippen LogP contribution in [0.4, 0.5) is 10.1 Å². The molecule has 0 fully saturated rings. The van der Waals surface area contributed by atoms with Gasteiger partial charge in [-0.25, -0.2) is 9.82 Å². The third-order valence-corrected chi connectivity index (χ3v) is 3.01. The number of phenols is 1. The van der Waals surface area contributed by atoms with Gasteiger partial charge < -0.3 is 10.0 Å². The van der Waals surface area contributed by atoms with Gasteiger partial charge in [-0.2, -0.15) is 5.10 Å². The third kappa shape index (κ3) is 3.60. The van der Waals surface area contributed by atoms with Crippen LogP contribution in [0.1, 0.15) is 15.9 Å². The highest BCUT2D eigenvalue weighted by Gasteiger charge is 2.07. The van der Waals surface area contributed by atoms with Crippen molar-refractivity contribution < 1.29 is 14.3 Å². The van der Waals surface area contributed by atoms with Crippen LogP contribution in [0.25, 0.3) is 0 Å². The van der Waals surface area contributed by atoms with Gasteiger partial charge in [-0.15, -0.1) is 0 Å². The van der Waals surface area contributed by atoms with Crippen LogP contribution in [0, 0.1) is 5.82 Å². The Morgan fingerprint density at radius 2 is 2.00 bits per heavy atom. The maximum absolute atomic E-state index is 13.1. The van der Waals surface area contributed by atoms with Crippen LogP contribution < -0.4 is 10.3 Å². The predicted molar refractivity (Wildman–Crippen MR) is 83.9 cm³/mol. The first-order valence-electron chi connectivity index (χ1n) is 6.57. The monoisotopic (exact) mass is 301 g/mol. The second-order valence-corrected chi connectivity index (χ2v) is 4.82. The number of para-hydroxylation sites is 1. The van der Waals surface area contributed by atoms with Crippen molar-refractivity contribution in [1.82, 2.24) is 5.43 Å². The first-order valence-corrected chi connectivity index (χ1v) is 6.57. The molecular formula is C16H16FN3O2. The Balaban J connectivity index is 2.08. The number of carbonyl (C=O) groups excluding carboxylic acids is 1. The molecule has 5 nitrogen and oxygen atoms in total. The summed E-state index contributed by atoms with van der Waals surface area (Å²) in [5.41, 5.74) is 3.86. The van der Waals surface area contributed by atoms with Crippen LogP contribution in [0.5, 0.6) is 5.75 Å². The fraction of sp³-hybridized carbons (Fsp3) is 0.125. The molecule has 0 saturated heterocycles. The zero-order chi connectivity index (χ0) is 16.1. The van der Waals surface area contributed by atoms with E-state index in [-0.39, 0.29) is 5.56 Å². The Kier molecular flexibility index (Phi) is 4.73. The zero-order valence-electron chi connectivity index (χ0n) is 12.2. The summed E-state index contributed by atoms with van der Waals surface area (Å²) in [7, 11) is 3.75. The largest absolute Gasteiger partial charge is 0.504 e. The lowest BCUT2D eigenvalue weighted by molar-refractivity contribution is 0.0955. The molecule has 2 aromatic rings. The number of nitrogens with zero attached hydrogens (tertiary/aromatic N) is 2. The minimum Gasteiger partial charge on any atom is -0.504 e. The number of amides is 1. The average molecular weight is 301 g/mol. The summed E-state index contributed by atoms with van der Waals surface area (Å²) >= 11 is 0. The molecule has 22 heavy (non-hydrogen) atoms. The second kappa shape index (κ2) is 6.71. The Morgan fingerprint density at radius 3 is 2.73 bits per heavy atom. The fourth-order valence-corrected chi connectivity index (χ4v) is 1.79. The Hall–Kier alpha value is -2.89. The van der Waals surface area contributed by atoms with Gasteiger partial charge in [-0.05, 0) is 30.3 Å². The van der Waals surface area contributed by atoms with Crippen LogP contribution in [0.2, 0.25) is 0 Å². The Morgan fingerprint density at radius 1 is 1.27 bits per heavy atom. The highest BCUT2D eigenvalue weighted by atomic mass is 19.1. The van der Waals surface area contributed by atoms with E-state index in [1.807, 2.05) is 25.1 Å². The number of hydrogen-bond donors (Lipinski definition) is 2. The molecule has 1 amide bonds. The minimum absolute atomic E-state index is 0.183. The summed E-state index contributed by atoms with van der Waals surface area (Å²) in [6.45, 7) is 0. The molecule has 2 aromatic carbocycles. The van der Waals surface area contributed by atoms with Crippen LogP contribution in [-0.4, -0.2) is 31.3 Å². The van der Waals surface area contributed by atoms with E-state index in [0.29, 0.717) is 5.56 Å². The number of anilines is 1. The summed E-state index contributed by atoms with van der Waals surface area (Å²) in [6, 6.07) is 11.1. The van der Waals surface area contributed by atoms with E-state index in [1.54, 1.807) is 18.2 Å². The van der Waals surface area contributed by atoms with E-state index in [0.717, 1.165) is 11.8 Å². The molecule has 2 rings (SSSR count). The second-order valence-electron chi connectivity index (χ2n) is 4.82. The van der Waals surface area contributed by atoms with Gasteiger partial charge in [-0.3, -0.25) is 4.79 Å². The van der Waals surface area contributed by atoms with Crippen molar-refractivity contribution in [3.05, 3.63) is 59.4 Å². The van der Waals surface area contributed by atoms with Gasteiger partial charge in [0.1, 0.15) is 0 Å². The molecule has 0 radical (unpaired) electrons.